The van der Waals surface area contributed by atoms with E-state index in [1.807, 2.05) is 91.0 Å². The van der Waals surface area contributed by atoms with Gasteiger partial charge < -0.3 is 29.9 Å². The van der Waals surface area contributed by atoms with Gasteiger partial charge in [0.05, 0.1) is 6.10 Å². The van der Waals surface area contributed by atoms with Gasteiger partial charge in [-0.15, -0.1) is 0 Å². The van der Waals surface area contributed by atoms with Crippen LogP contribution in [0.2, 0.25) is 0 Å². The van der Waals surface area contributed by atoms with Gasteiger partial charge in [-0.25, -0.2) is 0 Å². The van der Waals surface area contributed by atoms with Crippen molar-refractivity contribution in [1.29, 1.82) is 0 Å². The molecule has 6 heteroatoms. The molecule has 1 heterocycles. The van der Waals surface area contributed by atoms with Crippen LogP contribution < -0.4 is 0 Å². The molecule has 0 bridgehead atoms. The van der Waals surface area contributed by atoms with Crippen molar-refractivity contribution >= 4 is 0 Å². The molecule has 0 saturated carbocycles. The van der Waals surface area contributed by atoms with Crippen LogP contribution in [0, 0.1) is 0 Å². The minimum atomic E-state index is -2.08. The van der Waals surface area contributed by atoms with E-state index in [0.717, 1.165) is 16.7 Å². The number of aliphatic hydroxyl groups is 4. The summed E-state index contributed by atoms with van der Waals surface area (Å²) in [7, 11) is 1.38. The quantitative estimate of drug-likeness (QED) is 0.408. The molecule has 1 fully saturated rings. The van der Waals surface area contributed by atoms with Gasteiger partial charge in [0.25, 0.3) is 0 Å². The van der Waals surface area contributed by atoms with Gasteiger partial charge in [0, 0.05) is 26.4 Å². The second-order valence-corrected chi connectivity index (χ2v) is 9.04. The Kier molecular flexibility index (Phi) is 7.48. The molecule has 3 aromatic rings. The van der Waals surface area contributed by atoms with Gasteiger partial charge in [-0.2, -0.15) is 0 Å². The first-order valence-corrected chi connectivity index (χ1v) is 11.5. The van der Waals surface area contributed by atoms with Crippen molar-refractivity contribution in [3.05, 3.63) is 108 Å². The van der Waals surface area contributed by atoms with E-state index in [4.69, 9.17) is 9.47 Å². The first-order valence-electron chi connectivity index (χ1n) is 11.5. The maximum absolute atomic E-state index is 12.1. The number of hydrogen-bond donors (Lipinski definition) is 4. The molecule has 0 spiro atoms. The lowest BCUT2D eigenvalue weighted by Crippen LogP contribution is -2.77. The number of ether oxygens (including phenoxy) is 2. The van der Waals surface area contributed by atoms with Crippen molar-refractivity contribution in [2.45, 2.75) is 55.1 Å². The van der Waals surface area contributed by atoms with Gasteiger partial charge in [0.1, 0.15) is 17.8 Å². The Bertz CT molecular complexity index is 1030. The van der Waals surface area contributed by atoms with Crippen molar-refractivity contribution in [3.63, 3.8) is 0 Å². The fourth-order valence-corrected chi connectivity index (χ4v) is 4.89. The Morgan fingerprint density at radius 2 is 1.21 bits per heavy atom. The van der Waals surface area contributed by atoms with Gasteiger partial charge in [-0.3, -0.25) is 0 Å². The smallest absolute Gasteiger partial charge is 0.189 e. The molecule has 180 valence electrons. The van der Waals surface area contributed by atoms with Crippen LogP contribution in [-0.2, 0) is 28.7 Å². The van der Waals surface area contributed by atoms with Gasteiger partial charge >= 0.3 is 0 Å². The molecule has 6 atom stereocenters. The molecular formula is C28H32O6. The molecule has 0 radical (unpaired) electrons. The first-order chi connectivity index (χ1) is 16.4. The van der Waals surface area contributed by atoms with E-state index in [0.29, 0.717) is 0 Å². The molecular weight excluding hydrogens is 432 g/mol. The lowest BCUT2D eigenvalue weighted by molar-refractivity contribution is -0.375. The summed E-state index contributed by atoms with van der Waals surface area (Å²) in [6.07, 6.45) is -5.08. The maximum atomic E-state index is 12.1. The molecule has 1 unspecified atom stereocenters. The summed E-state index contributed by atoms with van der Waals surface area (Å²) < 4.78 is 11.5. The van der Waals surface area contributed by atoms with Crippen LogP contribution in [0.4, 0.5) is 0 Å². The van der Waals surface area contributed by atoms with Crippen molar-refractivity contribution in [2.75, 3.05) is 7.11 Å². The topological polar surface area (TPSA) is 99.4 Å². The Labute approximate surface area is 200 Å². The van der Waals surface area contributed by atoms with Crippen LogP contribution in [0.15, 0.2) is 91.0 Å². The molecule has 1 aliphatic rings. The minimum absolute atomic E-state index is 0.0196. The molecule has 0 amide bonds. The van der Waals surface area contributed by atoms with Crippen molar-refractivity contribution < 1.29 is 29.9 Å². The van der Waals surface area contributed by atoms with Gasteiger partial charge in [-0.05, 0) is 16.7 Å². The Morgan fingerprint density at radius 3 is 1.68 bits per heavy atom. The van der Waals surface area contributed by atoms with Crippen LogP contribution in [0.3, 0.4) is 0 Å². The zero-order valence-electron chi connectivity index (χ0n) is 19.2. The fourth-order valence-electron chi connectivity index (χ4n) is 4.89. The third-order valence-electron chi connectivity index (χ3n) is 6.73. The second-order valence-electron chi connectivity index (χ2n) is 9.04. The number of hydrogen-bond acceptors (Lipinski definition) is 6. The van der Waals surface area contributed by atoms with E-state index in [2.05, 4.69) is 0 Å². The molecule has 6 nitrogen and oxygen atoms in total. The zero-order chi connectivity index (χ0) is 24.2. The molecule has 1 saturated heterocycles. The molecule has 4 N–H and O–H groups in total. The summed E-state index contributed by atoms with van der Waals surface area (Å²) in [6.45, 7) is 0. The van der Waals surface area contributed by atoms with E-state index in [1.54, 1.807) is 0 Å². The monoisotopic (exact) mass is 464 g/mol. The molecule has 0 aliphatic carbocycles. The van der Waals surface area contributed by atoms with Gasteiger partial charge in [0.2, 0.25) is 0 Å². The third-order valence-corrected chi connectivity index (χ3v) is 6.73. The number of benzene rings is 3. The second kappa shape index (κ2) is 10.4. The molecule has 34 heavy (non-hydrogen) atoms. The van der Waals surface area contributed by atoms with E-state index in [9.17, 15) is 20.4 Å². The van der Waals surface area contributed by atoms with Crippen LogP contribution in [0.1, 0.15) is 16.7 Å². The summed E-state index contributed by atoms with van der Waals surface area (Å²) in [6, 6.07) is 27.7. The number of rotatable bonds is 8. The average molecular weight is 465 g/mol. The maximum Gasteiger partial charge on any atom is 0.189 e. The van der Waals surface area contributed by atoms with Crippen LogP contribution in [0.5, 0.6) is 0 Å². The Morgan fingerprint density at radius 1 is 0.765 bits per heavy atom. The summed E-state index contributed by atoms with van der Waals surface area (Å²) in [5.41, 5.74) is -1.75. The van der Waals surface area contributed by atoms with Crippen molar-refractivity contribution in [2.24, 2.45) is 0 Å². The summed E-state index contributed by atoms with van der Waals surface area (Å²) in [5, 5.41) is 46.6. The van der Waals surface area contributed by atoms with E-state index >= 15 is 0 Å². The number of methoxy groups -OCH3 is 1. The lowest BCUT2D eigenvalue weighted by atomic mass is 9.67. The zero-order valence-corrected chi connectivity index (χ0v) is 19.2. The van der Waals surface area contributed by atoms with Crippen LogP contribution in [-0.4, -0.2) is 63.3 Å². The average Bonchev–Trinajstić information content (AvgIpc) is 2.85. The van der Waals surface area contributed by atoms with Gasteiger partial charge in [0.15, 0.2) is 11.9 Å². The minimum Gasteiger partial charge on any atom is -0.390 e. The summed E-state index contributed by atoms with van der Waals surface area (Å²) in [5.74, 6) is 0. The molecule has 0 aromatic heterocycles. The van der Waals surface area contributed by atoms with E-state index in [-0.39, 0.29) is 19.3 Å². The van der Waals surface area contributed by atoms with Crippen LogP contribution in [0.25, 0.3) is 0 Å². The summed E-state index contributed by atoms with van der Waals surface area (Å²) in [4.78, 5) is 0. The summed E-state index contributed by atoms with van der Waals surface area (Å²) >= 11 is 0. The third kappa shape index (κ3) is 4.79. The number of aliphatic hydroxyl groups excluding tert-OH is 2. The van der Waals surface area contributed by atoms with Crippen molar-refractivity contribution in [1.82, 2.24) is 0 Å². The van der Waals surface area contributed by atoms with E-state index < -0.39 is 35.8 Å². The Hall–Kier alpha value is -2.58. The standard InChI is InChI=1S/C28H32O6/c1-33-26-28(32,19-22-15-9-4-10-16-22)27(31,18-21-13-7-3-8-14-21)25(30)24(34-26)23(29)17-20-11-5-2-6-12-20/h2-16,23-26,29-32H,17-19H2,1H3/t23?,24-,25-,26+,27+,28+/m1/s1. The predicted octanol–water partition coefficient (Wildman–Crippen LogP) is 2.27. The predicted molar refractivity (Wildman–Crippen MR) is 128 cm³/mol. The largest absolute Gasteiger partial charge is 0.390 e. The van der Waals surface area contributed by atoms with Crippen molar-refractivity contribution in [3.8, 4) is 0 Å². The first kappa shape index (κ1) is 24.5. The fraction of sp³-hybridized carbons (Fsp3) is 0.357. The highest BCUT2D eigenvalue weighted by Gasteiger charge is 2.65. The van der Waals surface area contributed by atoms with Crippen LogP contribution >= 0.6 is 0 Å². The molecule has 4 rings (SSSR count). The Balaban J connectivity index is 1.72. The molecule has 1 aliphatic heterocycles. The highest BCUT2D eigenvalue weighted by molar-refractivity contribution is 5.27. The SMILES string of the molecule is CO[C@H]1O[C@H](C(O)Cc2ccccc2)[C@@H](O)[C@@](O)(Cc2ccccc2)[C@]1(O)Cc1ccccc1. The van der Waals surface area contributed by atoms with E-state index in [1.165, 1.54) is 7.11 Å². The van der Waals surface area contributed by atoms with Gasteiger partial charge in [-0.1, -0.05) is 91.0 Å². The molecule has 3 aromatic carbocycles. The highest BCUT2D eigenvalue weighted by Crippen LogP contribution is 2.44. The lowest BCUT2D eigenvalue weighted by Gasteiger charge is -2.56. The normalized spacial score (nSPS) is 30.1. The highest BCUT2D eigenvalue weighted by atomic mass is 16.7.